The third-order valence-electron chi connectivity index (χ3n) is 5.89. The average molecular weight is 409 g/mol. The van der Waals surface area contributed by atoms with Crippen LogP contribution in [0, 0.1) is 13.8 Å². The molecule has 0 bridgehead atoms. The number of hydrogen-bond acceptors (Lipinski definition) is 4. The monoisotopic (exact) mass is 408 g/mol. The van der Waals surface area contributed by atoms with E-state index in [1.54, 1.807) is 12.4 Å². The summed E-state index contributed by atoms with van der Waals surface area (Å²) >= 11 is 0. The van der Waals surface area contributed by atoms with E-state index in [-0.39, 0.29) is 11.5 Å². The Labute approximate surface area is 181 Å². The van der Waals surface area contributed by atoms with E-state index in [1.165, 1.54) is 11.1 Å². The average Bonchev–Trinajstić information content (AvgIpc) is 2.74. The summed E-state index contributed by atoms with van der Waals surface area (Å²) in [6.07, 6.45) is 5.57. The highest BCUT2D eigenvalue weighted by atomic mass is 16.3. The zero-order valence-electron chi connectivity index (χ0n) is 19.2. The van der Waals surface area contributed by atoms with Crippen molar-refractivity contribution in [1.29, 1.82) is 0 Å². The largest absolute Gasteiger partial charge is 0.507 e. The van der Waals surface area contributed by atoms with E-state index in [4.69, 9.17) is 0 Å². The molecule has 0 radical (unpaired) electrons. The molecule has 4 nitrogen and oxygen atoms in total. The molecule has 2 aromatic rings. The van der Waals surface area contributed by atoms with Gasteiger partial charge in [0.2, 0.25) is 0 Å². The maximum atomic E-state index is 10.3. The van der Waals surface area contributed by atoms with Gasteiger partial charge in [0.15, 0.2) is 0 Å². The molecule has 0 aliphatic heterocycles. The molecule has 0 aromatic heterocycles. The first-order valence-corrected chi connectivity index (χ1v) is 10.9. The van der Waals surface area contributed by atoms with Gasteiger partial charge in [-0.2, -0.15) is 0 Å². The summed E-state index contributed by atoms with van der Waals surface area (Å²) in [6.45, 7) is 13.6. The lowest BCUT2D eigenvalue weighted by Crippen LogP contribution is -1.98. The molecule has 2 unspecified atom stereocenters. The van der Waals surface area contributed by atoms with E-state index >= 15 is 0 Å². The van der Waals surface area contributed by atoms with Gasteiger partial charge in [0, 0.05) is 23.6 Å². The van der Waals surface area contributed by atoms with Gasteiger partial charge in [0.25, 0.3) is 0 Å². The van der Waals surface area contributed by atoms with Crippen LogP contribution in [0.5, 0.6) is 11.5 Å². The van der Waals surface area contributed by atoms with Gasteiger partial charge >= 0.3 is 0 Å². The lowest BCUT2D eigenvalue weighted by molar-refractivity contribution is 0.469. The minimum Gasteiger partial charge on any atom is -0.507 e. The van der Waals surface area contributed by atoms with Crippen LogP contribution in [0.2, 0.25) is 0 Å². The lowest BCUT2D eigenvalue weighted by Gasteiger charge is -2.13. The van der Waals surface area contributed by atoms with Crippen LogP contribution < -0.4 is 0 Å². The maximum Gasteiger partial charge on any atom is 0.127 e. The van der Waals surface area contributed by atoms with Crippen LogP contribution in [0.15, 0.2) is 34.3 Å². The third-order valence-corrected chi connectivity index (χ3v) is 5.89. The Bertz CT molecular complexity index is 840. The van der Waals surface area contributed by atoms with Gasteiger partial charge < -0.3 is 10.2 Å². The van der Waals surface area contributed by atoms with Crippen LogP contribution in [0.4, 0.5) is 0 Å². The van der Waals surface area contributed by atoms with Gasteiger partial charge in [0.05, 0.1) is 13.1 Å². The van der Waals surface area contributed by atoms with E-state index in [1.807, 2.05) is 38.1 Å². The van der Waals surface area contributed by atoms with Crippen molar-refractivity contribution in [3.05, 3.63) is 57.6 Å². The third kappa shape index (κ3) is 5.94. The molecule has 0 fully saturated rings. The van der Waals surface area contributed by atoms with Crippen LogP contribution in [0.3, 0.4) is 0 Å². The fraction of sp³-hybridized carbons (Fsp3) is 0.462. The summed E-state index contributed by atoms with van der Waals surface area (Å²) < 4.78 is 0. The van der Waals surface area contributed by atoms with Crippen molar-refractivity contribution in [2.24, 2.45) is 9.98 Å². The molecule has 162 valence electrons. The van der Waals surface area contributed by atoms with Crippen molar-refractivity contribution in [2.45, 2.75) is 66.2 Å². The highest BCUT2D eigenvalue weighted by molar-refractivity contribution is 5.85. The first kappa shape index (κ1) is 23.7. The molecule has 0 heterocycles. The first-order valence-electron chi connectivity index (χ1n) is 10.9. The lowest BCUT2D eigenvalue weighted by atomic mass is 9.94. The van der Waals surface area contributed by atoms with Crippen molar-refractivity contribution in [3.8, 4) is 11.5 Å². The number of rotatable bonds is 9. The highest BCUT2D eigenvalue weighted by Crippen LogP contribution is 2.29. The van der Waals surface area contributed by atoms with Gasteiger partial charge in [-0.3, -0.25) is 9.98 Å². The predicted molar refractivity (Wildman–Crippen MR) is 128 cm³/mol. The number of aryl methyl sites for hydroxylation is 2. The van der Waals surface area contributed by atoms with Crippen molar-refractivity contribution < 1.29 is 10.2 Å². The van der Waals surface area contributed by atoms with Crippen LogP contribution in [0.1, 0.15) is 85.8 Å². The van der Waals surface area contributed by atoms with Gasteiger partial charge in [-0.1, -0.05) is 39.8 Å². The Morgan fingerprint density at radius 2 is 1.10 bits per heavy atom. The van der Waals surface area contributed by atoms with E-state index in [2.05, 4.69) is 37.7 Å². The SMILES string of the molecule is CCC(C)c1cc(C)c(O)c(C=NCCN=Cc2cc(C(C)CC)cc(C)c2O)c1. The fourth-order valence-corrected chi connectivity index (χ4v) is 3.35. The second kappa shape index (κ2) is 11.0. The van der Waals surface area contributed by atoms with Crippen molar-refractivity contribution >= 4 is 12.4 Å². The van der Waals surface area contributed by atoms with Crippen LogP contribution >= 0.6 is 0 Å². The van der Waals surface area contributed by atoms with Crippen LogP contribution in [-0.4, -0.2) is 35.7 Å². The van der Waals surface area contributed by atoms with Gasteiger partial charge in [0.1, 0.15) is 11.5 Å². The topological polar surface area (TPSA) is 65.2 Å². The molecule has 2 aromatic carbocycles. The zero-order valence-corrected chi connectivity index (χ0v) is 19.2. The zero-order chi connectivity index (χ0) is 22.3. The second-order valence-electron chi connectivity index (χ2n) is 8.24. The number of aromatic hydroxyl groups is 2. The van der Waals surface area contributed by atoms with Gasteiger partial charge in [-0.25, -0.2) is 0 Å². The van der Waals surface area contributed by atoms with Gasteiger partial charge in [-0.05, 0) is 72.9 Å². The molecular formula is C26H36N2O2. The number of nitrogens with zero attached hydrogens (tertiary/aromatic N) is 2. The Kier molecular flexibility index (Phi) is 8.64. The summed E-state index contributed by atoms with van der Waals surface area (Å²) in [5.41, 5.74) is 5.70. The van der Waals surface area contributed by atoms with Crippen molar-refractivity contribution in [2.75, 3.05) is 13.1 Å². The molecule has 0 amide bonds. The molecule has 2 N–H and O–H groups in total. The maximum absolute atomic E-state index is 10.3. The van der Waals surface area contributed by atoms with E-state index in [0.29, 0.717) is 24.9 Å². The molecule has 0 saturated heterocycles. The number of phenols is 2. The van der Waals surface area contributed by atoms with Crippen molar-refractivity contribution in [3.63, 3.8) is 0 Å². The Morgan fingerprint density at radius 1 is 0.733 bits per heavy atom. The quantitative estimate of drug-likeness (QED) is 0.379. The first-order chi connectivity index (χ1) is 14.3. The summed E-state index contributed by atoms with van der Waals surface area (Å²) in [6, 6.07) is 8.13. The summed E-state index contributed by atoms with van der Waals surface area (Å²) in [5.74, 6) is 1.47. The highest BCUT2D eigenvalue weighted by Gasteiger charge is 2.10. The Hall–Kier alpha value is -2.62. The minimum atomic E-state index is 0.288. The van der Waals surface area contributed by atoms with E-state index in [0.717, 1.165) is 35.1 Å². The molecule has 30 heavy (non-hydrogen) atoms. The smallest absolute Gasteiger partial charge is 0.127 e. The number of phenolic OH excluding ortho intramolecular Hbond substituents is 2. The summed E-state index contributed by atoms with van der Waals surface area (Å²) in [4.78, 5) is 8.88. The Morgan fingerprint density at radius 3 is 1.43 bits per heavy atom. The molecule has 0 aliphatic carbocycles. The molecule has 2 atom stereocenters. The second-order valence-corrected chi connectivity index (χ2v) is 8.24. The molecule has 4 heteroatoms. The van der Waals surface area contributed by atoms with Crippen LogP contribution in [-0.2, 0) is 0 Å². The molecule has 0 spiro atoms. The van der Waals surface area contributed by atoms with Gasteiger partial charge in [-0.15, -0.1) is 0 Å². The number of benzene rings is 2. The molecule has 0 saturated carbocycles. The summed E-state index contributed by atoms with van der Waals surface area (Å²) in [5, 5.41) is 20.7. The van der Waals surface area contributed by atoms with E-state index in [9.17, 15) is 10.2 Å². The molecule has 2 rings (SSSR count). The summed E-state index contributed by atoms with van der Waals surface area (Å²) in [7, 11) is 0. The minimum absolute atomic E-state index is 0.288. The number of aliphatic imine (C=N–C) groups is 2. The molecule has 0 aliphatic rings. The van der Waals surface area contributed by atoms with Crippen molar-refractivity contribution in [1.82, 2.24) is 0 Å². The normalized spacial score (nSPS) is 13.9. The molecular weight excluding hydrogens is 372 g/mol. The van der Waals surface area contributed by atoms with Crippen LogP contribution in [0.25, 0.3) is 0 Å². The fourth-order valence-electron chi connectivity index (χ4n) is 3.35. The van der Waals surface area contributed by atoms with E-state index < -0.39 is 0 Å². The predicted octanol–water partition coefficient (Wildman–Crippen LogP) is 6.28. The number of hydrogen-bond donors (Lipinski definition) is 2. The Balaban J connectivity index is 2.05. The standard InChI is InChI=1S/C26H36N2O2/c1-7-17(3)21-11-19(5)25(29)23(13-21)15-27-9-10-28-16-24-14-22(18(4)8-2)12-20(6)26(24)30/h11-18,29-30H,7-10H2,1-6H3.